The van der Waals surface area contributed by atoms with Gasteiger partial charge in [0.2, 0.25) is 0 Å². The van der Waals surface area contributed by atoms with Gasteiger partial charge in [-0.15, -0.1) is 0 Å². The number of nitrogens with one attached hydrogen (secondary N) is 1. The van der Waals surface area contributed by atoms with Crippen LogP contribution in [0.1, 0.15) is 11.3 Å². The molecule has 3 heterocycles. The molecule has 2 aromatic carbocycles. The Hall–Kier alpha value is -4.27. The van der Waals surface area contributed by atoms with Crippen LogP contribution in [0.3, 0.4) is 0 Å². The Bertz CT molecular complexity index is 1490. The smallest absolute Gasteiger partial charge is 0.292 e. The summed E-state index contributed by atoms with van der Waals surface area (Å²) in [5.74, 6) is 0.450. The van der Waals surface area contributed by atoms with E-state index in [9.17, 15) is 8.78 Å². The van der Waals surface area contributed by atoms with Crippen LogP contribution in [0.25, 0.3) is 33.5 Å². The van der Waals surface area contributed by atoms with Gasteiger partial charge in [0, 0.05) is 35.7 Å². The molecule has 7 nitrogen and oxygen atoms in total. The molecule has 0 saturated carbocycles. The van der Waals surface area contributed by atoms with Crippen molar-refractivity contribution in [2.24, 2.45) is 0 Å². The number of oxazole rings is 1. The number of aryl methyl sites for hydroxylation is 1. The number of hydrogen-bond donors (Lipinski definition) is 2. The third-order valence-electron chi connectivity index (χ3n) is 5.91. The molecule has 0 spiro atoms. The lowest BCUT2D eigenvalue weighted by Gasteiger charge is -2.11. The standard InChI is InChI=1S/C25H22F2N6O/c1-14-18(26)7-8-20-23(14)24(27)15(2)33(20)10-9-29-22-11-19(31-13-32-22)16-3-5-17(6-4-16)21-12-30-25(28)34-21/h3-8,11-13H,9-10H2,1-2H3,(H2,28,30)(H,29,31,32). The number of rotatable bonds is 6. The summed E-state index contributed by atoms with van der Waals surface area (Å²) in [5.41, 5.74) is 9.53. The van der Waals surface area contributed by atoms with Crippen molar-refractivity contribution in [3.8, 4) is 22.6 Å². The van der Waals surface area contributed by atoms with E-state index < -0.39 is 5.82 Å². The van der Waals surface area contributed by atoms with Gasteiger partial charge in [-0.1, -0.05) is 24.3 Å². The van der Waals surface area contributed by atoms with Crippen LogP contribution in [0.15, 0.2) is 59.4 Å². The van der Waals surface area contributed by atoms with Crippen molar-refractivity contribution in [2.75, 3.05) is 17.6 Å². The van der Waals surface area contributed by atoms with Crippen LogP contribution < -0.4 is 11.1 Å². The highest BCUT2D eigenvalue weighted by molar-refractivity contribution is 5.85. The van der Waals surface area contributed by atoms with E-state index in [1.54, 1.807) is 26.1 Å². The molecule has 0 atom stereocenters. The highest BCUT2D eigenvalue weighted by Crippen LogP contribution is 2.29. The first kappa shape index (κ1) is 21.6. The zero-order chi connectivity index (χ0) is 23.8. The number of fused-ring (bicyclic) bond motifs is 1. The molecule has 0 aliphatic heterocycles. The monoisotopic (exact) mass is 460 g/mol. The van der Waals surface area contributed by atoms with Crippen LogP contribution >= 0.6 is 0 Å². The average Bonchev–Trinajstić information content (AvgIpc) is 3.39. The van der Waals surface area contributed by atoms with Crippen LogP contribution in [0.2, 0.25) is 0 Å². The molecular weight excluding hydrogens is 438 g/mol. The molecule has 0 amide bonds. The van der Waals surface area contributed by atoms with E-state index >= 15 is 0 Å². The topological polar surface area (TPSA) is 94.8 Å². The predicted molar refractivity (Wildman–Crippen MR) is 127 cm³/mol. The van der Waals surface area contributed by atoms with E-state index in [1.807, 2.05) is 34.9 Å². The molecule has 5 aromatic rings. The van der Waals surface area contributed by atoms with Crippen molar-refractivity contribution in [3.05, 3.63) is 77.9 Å². The number of hydrogen-bond acceptors (Lipinski definition) is 6. The molecule has 5 rings (SSSR count). The summed E-state index contributed by atoms with van der Waals surface area (Å²) < 4.78 is 35.9. The molecule has 0 aliphatic rings. The maximum atomic E-state index is 14.7. The Labute approximate surface area is 194 Å². The van der Waals surface area contributed by atoms with Gasteiger partial charge in [-0.25, -0.2) is 23.7 Å². The summed E-state index contributed by atoms with van der Waals surface area (Å²) in [4.78, 5) is 12.6. The number of anilines is 2. The van der Waals surface area contributed by atoms with Crippen LogP contribution in [-0.4, -0.2) is 26.1 Å². The molecular formula is C25H22F2N6O. The van der Waals surface area contributed by atoms with Gasteiger partial charge in [0.1, 0.15) is 18.0 Å². The fraction of sp³-hybridized carbons (Fsp3) is 0.160. The molecule has 0 aliphatic carbocycles. The third-order valence-corrected chi connectivity index (χ3v) is 5.91. The lowest BCUT2D eigenvalue weighted by atomic mass is 10.1. The number of nitrogens with zero attached hydrogens (tertiary/aromatic N) is 4. The highest BCUT2D eigenvalue weighted by Gasteiger charge is 2.17. The van der Waals surface area contributed by atoms with Gasteiger partial charge in [0.05, 0.1) is 23.1 Å². The van der Waals surface area contributed by atoms with Gasteiger partial charge < -0.3 is 20.0 Å². The van der Waals surface area contributed by atoms with Gasteiger partial charge in [0.25, 0.3) is 6.01 Å². The first-order chi connectivity index (χ1) is 16.4. The zero-order valence-corrected chi connectivity index (χ0v) is 18.6. The first-order valence-electron chi connectivity index (χ1n) is 10.7. The highest BCUT2D eigenvalue weighted by atomic mass is 19.1. The van der Waals surface area contributed by atoms with Crippen LogP contribution in [0, 0.1) is 25.5 Å². The van der Waals surface area contributed by atoms with Gasteiger partial charge in [-0.05, 0) is 31.5 Å². The van der Waals surface area contributed by atoms with E-state index in [1.165, 1.54) is 12.4 Å². The van der Waals surface area contributed by atoms with E-state index in [0.717, 1.165) is 16.8 Å². The summed E-state index contributed by atoms with van der Waals surface area (Å²) in [5, 5.41) is 3.60. The SMILES string of the molecule is Cc1c(F)ccc2c1c(F)c(C)n2CCNc1cc(-c2ccc(-c3cnc(N)o3)cc2)ncn1. The summed E-state index contributed by atoms with van der Waals surface area (Å²) >= 11 is 0. The van der Waals surface area contributed by atoms with Gasteiger partial charge in [-0.3, -0.25) is 0 Å². The lowest BCUT2D eigenvalue weighted by molar-refractivity contribution is 0.595. The maximum absolute atomic E-state index is 14.7. The van der Waals surface area contributed by atoms with Crippen molar-refractivity contribution in [3.63, 3.8) is 0 Å². The minimum Gasteiger partial charge on any atom is -0.424 e. The van der Waals surface area contributed by atoms with Crippen molar-refractivity contribution in [1.29, 1.82) is 0 Å². The average molecular weight is 460 g/mol. The van der Waals surface area contributed by atoms with E-state index in [0.29, 0.717) is 46.8 Å². The second-order valence-corrected chi connectivity index (χ2v) is 7.97. The van der Waals surface area contributed by atoms with Gasteiger partial charge in [0.15, 0.2) is 11.6 Å². The normalized spacial score (nSPS) is 11.3. The molecule has 3 N–H and O–H groups in total. The third kappa shape index (κ3) is 3.85. The number of halogens is 2. The minimum absolute atomic E-state index is 0.124. The number of aromatic nitrogens is 4. The molecule has 0 saturated heterocycles. The van der Waals surface area contributed by atoms with E-state index in [4.69, 9.17) is 10.2 Å². The van der Waals surface area contributed by atoms with Gasteiger partial charge in [-0.2, -0.15) is 0 Å². The molecule has 0 fully saturated rings. The number of benzene rings is 2. The Morgan fingerprint density at radius 1 is 1.00 bits per heavy atom. The summed E-state index contributed by atoms with van der Waals surface area (Å²) in [6.07, 6.45) is 3.07. The molecule has 9 heteroatoms. The Kier molecular flexibility index (Phi) is 5.45. The fourth-order valence-electron chi connectivity index (χ4n) is 4.08. The zero-order valence-electron chi connectivity index (χ0n) is 18.6. The molecule has 0 radical (unpaired) electrons. The number of nitrogens with two attached hydrogens (primary N) is 1. The summed E-state index contributed by atoms with van der Waals surface area (Å²) in [6.45, 7) is 4.29. The van der Waals surface area contributed by atoms with Crippen LogP contribution in [-0.2, 0) is 6.54 Å². The lowest BCUT2D eigenvalue weighted by Crippen LogP contribution is -2.12. The largest absolute Gasteiger partial charge is 0.424 e. The van der Waals surface area contributed by atoms with Crippen molar-refractivity contribution < 1.29 is 13.2 Å². The molecule has 172 valence electrons. The summed E-state index contributed by atoms with van der Waals surface area (Å²) in [6, 6.07) is 12.6. The van der Waals surface area contributed by atoms with Crippen LogP contribution in [0.5, 0.6) is 0 Å². The molecule has 0 unspecified atom stereocenters. The van der Waals surface area contributed by atoms with Crippen molar-refractivity contribution in [2.45, 2.75) is 20.4 Å². The molecule has 3 aromatic heterocycles. The second kappa shape index (κ2) is 8.58. The predicted octanol–water partition coefficient (Wildman–Crippen LogP) is 5.34. The van der Waals surface area contributed by atoms with E-state index in [2.05, 4.69) is 20.3 Å². The fourth-order valence-corrected chi connectivity index (χ4v) is 4.08. The maximum Gasteiger partial charge on any atom is 0.292 e. The van der Waals surface area contributed by atoms with Crippen molar-refractivity contribution >= 4 is 22.7 Å². The van der Waals surface area contributed by atoms with Gasteiger partial charge >= 0.3 is 0 Å². The number of nitrogen functional groups attached to an aromatic ring is 1. The minimum atomic E-state index is -0.409. The van der Waals surface area contributed by atoms with E-state index in [-0.39, 0.29) is 11.8 Å². The first-order valence-corrected chi connectivity index (χ1v) is 10.7. The Balaban J connectivity index is 1.31. The summed E-state index contributed by atoms with van der Waals surface area (Å²) in [7, 11) is 0. The molecule has 0 bridgehead atoms. The quantitative estimate of drug-likeness (QED) is 0.355. The Morgan fingerprint density at radius 2 is 1.76 bits per heavy atom. The Morgan fingerprint density at radius 3 is 2.50 bits per heavy atom. The van der Waals surface area contributed by atoms with Crippen molar-refractivity contribution in [1.82, 2.24) is 19.5 Å². The molecule has 34 heavy (non-hydrogen) atoms. The second-order valence-electron chi connectivity index (χ2n) is 7.97. The van der Waals surface area contributed by atoms with Crippen LogP contribution in [0.4, 0.5) is 20.6 Å².